The number of alkyl halides is 3. The van der Waals surface area contributed by atoms with Gasteiger partial charge in [0, 0.05) is 24.0 Å². The Bertz CT molecular complexity index is 528. The fourth-order valence-electron chi connectivity index (χ4n) is 2.60. The SMILES string of the molecule is CNCC1CCCN1C(=O)CSc1cccc(C(F)(F)F)c1.Cl. The molecule has 1 N–H and O–H groups in total. The predicted octanol–water partition coefficient (Wildman–Crippen LogP) is 3.43. The number of carbonyl (C=O) groups excluding carboxylic acids is 1. The van der Waals surface area contributed by atoms with Gasteiger partial charge in [0.15, 0.2) is 0 Å². The predicted molar refractivity (Wildman–Crippen MR) is 88.1 cm³/mol. The summed E-state index contributed by atoms with van der Waals surface area (Å²) in [5.41, 5.74) is -0.681. The van der Waals surface area contributed by atoms with E-state index in [0.717, 1.165) is 49.8 Å². The zero-order valence-corrected chi connectivity index (χ0v) is 14.4. The highest BCUT2D eigenvalue weighted by molar-refractivity contribution is 8.00. The molecule has 3 nitrogen and oxygen atoms in total. The summed E-state index contributed by atoms with van der Waals surface area (Å²) in [7, 11) is 1.85. The van der Waals surface area contributed by atoms with Crippen LogP contribution in [0.1, 0.15) is 18.4 Å². The van der Waals surface area contributed by atoms with E-state index >= 15 is 0 Å². The third-order valence-electron chi connectivity index (χ3n) is 3.66. The summed E-state index contributed by atoms with van der Waals surface area (Å²) in [5, 5.41) is 3.07. The highest BCUT2D eigenvalue weighted by atomic mass is 35.5. The molecule has 2 rings (SSSR count). The molecule has 1 amide bonds. The van der Waals surface area contributed by atoms with Crippen molar-refractivity contribution in [2.75, 3.05) is 25.9 Å². The van der Waals surface area contributed by atoms with Gasteiger partial charge in [-0.25, -0.2) is 0 Å². The van der Waals surface area contributed by atoms with E-state index in [1.165, 1.54) is 6.07 Å². The molecule has 1 unspecified atom stereocenters. The molecule has 1 aliphatic heterocycles. The maximum absolute atomic E-state index is 12.7. The minimum Gasteiger partial charge on any atom is -0.338 e. The van der Waals surface area contributed by atoms with Crippen LogP contribution in [0.2, 0.25) is 0 Å². The van der Waals surface area contributed by atoms with Crippen molar-refractivity contribution >= 4 is 30.1 Å². The maximum atomic E-state index is 12.7. The summed E-state index contributed by atoms with van der Waals surface area (Å²) in [5.74, 6) is 0.154. The monoisotopic (exact) mass is 368 g/mol. The molecule has 1 saturated heterocycles. The third kappa shape index (κ3) is 5.58. The Kier molecular flexibility index (Phi) is 7.70. The van der Waals surface area contributed by atoms with E-state index in [2.05, 4.69) is 5.32 Å². The van der Waals surface area contributed by atoms with Crippen LogP contribution in [0, 0.1) is 0 Å². The van der Waals surface area contributed by atoms with Gasteiger partial charge in [-0.3, -0.25) is 4.79 Å². The molecule has 1 aromatic carbocycles. The van der Waals surface area contributed by atoms with Crippen LogP contribution in [-0.4, -0.2) is 42.7 Å². The van der Waals surface area contributed by atoms with Gasteiger partial charge in [-0.05, 0) is 38.1 Å². The fourth-order valence-corrected chi connectivity index (χ4v) is 3.44. The second-order valence-electron chi connectivity index (χ2n) is 5.26. The average molecular weight is 369 g/mol. The van der Waals surface area contributed by atoms with E-state index in [1.807, 2.05) is 11.9 Å². The van der Waals surface area contributed by atoms with E-state index in [4.69, 9.17) is 0 Å². The minimum absolute atomic E-state index is 0. The minimum atomic E-state index is -4.35. The van der Waals surface area contributed by atoms with Gasteiger partial charge in [0.05, 0.1) is 11.3 Å². The topological polar surface area (TPSA) is 32.3 Å². The summed E-state index contributed by atoms with van der Waals surface area (Å²) in [4.78, 5) is 14.5. The fraction of sp³-hybridized carbons (Fsp3) is 0.533. The van der Waals surface area contributed by atoms with Crippen molar-refractivity contribution in [1.82, 2.24) is 10.2 Å². The second-order valence-corrected chi connectivity index (χ2v) is 6.30. The van der Waals surface area contributed by atoms with Crippen LogP contribution in [0.25, 0.3) is 0 Å². The van der Waals surface area contributed by atoms with E-state index in [-0.39, 0.29) is 30.1 Å². The summed E-state index contributed by atoms with van der Waals surface area (Å²) >= 11 is 1.15. The molecule has 1 heterocycles. The molecule has 0 aliphatic carbocycles. The first kappa shape index (κ1) is 20.1. The van der Waals surface area contributed by atoms with Crippen LogP contribution >= 0.6 is 24.2 Å². The van der Waals surface area contributed by atoms with Gasteiger partial charge in [0.25, 0.3) is 0 Å². The largest absolute Gasteiger partial charge is 0.416 e. The molecule has 23 heavy (non-hydrogen) atoms. The molecule has 8 heteroatoms. The van der Waals surface area contributed by atoms with Crippen molar-refractivity contribution in [1.29, 1.82) is 0 Å². The Morgan fingerprint density at radius 1 is 1.43 bits per heavy atom. The Balaban J connectivity index is 0.00000264. The number of hydrogen-bond donors (Lipinski definition) is 1. The summed E-state index contributed by atoms with van der Waals surface area (Å²) in [6.07, 6.45) is -2.40. The number of hydrogen-bond acceptors (Lipinski definition) is 3. The first-order valence-corrected chi connectivity index (χ1v) is 8.14. The van der Waals surface area contributed by atoms with Crippen molar-refractivity contribution in [3.05, 3.63) is 29.8 Å². The Morgan fingerprint density at radius 3 is 2.83 bits per heavy atom. The summed E-state index contributed by atoms with van der Waals surface area (Å²) in [6, 6.07) is 5.29. The van der Waals surface area contributed by atoms with Crippen LogP contribution in [0.15, 0.2) is 29.2 Å². The van der Waals surface area contributed by atoms with Crippen molar-refractivity contribution in [3.8, 4) is 0 Å². The van der Waals surface area contributed by atoms with Crippen LogP contribution < -0.4 is 5.32 Å². The van der Waals surface area contributed by atoms with Gasteiger partial charge < -0.3 is 10.2 Å². The number of likely N-dealkylation sites (N-methyl/N-ethyl adjacent to an activating group) is 1. The number of thioether (sulfide) groups is 1. The van der Waals surface area contributed by atoms with Crippen LogP contribution in [0.3, 0.4) is 0 Å². The molecular formula is C15H20ClF3N2OS. The number of rotatable bonds is 5. The average Bonchev–Trinajstić information content (AvgIpc) is 2.93. The van der Waals surface area contributed by atoms with E-state index in [1.54, 1.807) is 6.07 Å². The van der Waals surface area contributed by atoms with E-state index in [9.17, 15) is 18.0 Å². The van der Waals surface area contributed by atoms with Gasteiger partial charge in [-0.2, -0.15) is 13.2 Å². The zero-order chi connectivity index (χ0) is 16.2. The van der Waals surface area contributed by atoms with Crippen LogP contribution in [-0.2, 0) is 11.0 Å². The van der Waals surface area contributed by atoms with Crippen molar-refractivity contribution in [2.24, 2.45) is 0 Å². The van der Waals surface area contributed by atoms with E-state index in [0.29, 0.717) is 4.90 Å². The molecule has 0 saturated carbocycles. The standard InChI is InChI=1S/C15H19F3N2OS.ClH/c1-19-9-12-5-3-7-20(12)14(21)10-22-13-6-2-4-11(8-13)15(16,17)18;/h2,4,6,8,12,19H,3,5,7,9-10H2,1H3;1H. The molecule has 0 radical (unpaired) electrons. The van der Waals surface area contributed by atoms with Crippen molar-refractivity contribution in [2.45, 2.75) is 30.0 Å². The Hall–Kier alpha value is -0.920. The zero-order valence-electron chi connectivity index (χ0n) is 12.7. The number of halogens is 4. The van der Waals surface area contributed by atoms with Crippen LogP contribution in [0.4, 0.5) is 13.2 Å². The molecule has 0 spiro atoms. The molecule has 1 atom stereocenters. The number of carbonyl (C=O) groups is 1. The van der Waals surface area contributed by atoms with Crippen molar-refractivity contribution < 1.29 is 18.0 Å². The van der Waals surface area contributed by atoms with E-state index < -0.39 is 11.7 Å². The molecule has 1 aliphatic rings. The Morgan fingerprint density at radius 2 is 2.17 bits per heavy atom. The number of amides is 1. The smallest absolute Gasteiger partial charge is 0.338 e. The third-order valence-corrected chi connectivity index (χ3v) is 4.64. The van der Waals surface area contributed by atoms with Crippen LogP contribution in [0.5, 0.6) is 0 Å². The molecule has 0 aromatic heterocycles. The lowest BCUT2D eigenvalue weighted by Crippen LogP contribution is -2.41. The molecule has 130 valence electrons. The first-order chi connectivity index (χ1) is 10.4. The quantitative estimate of drug-likeness (QED) is 0.808. The highest BCUT2D eigenvalue weighted by Crippen LogP contribution is 2.32. The molecule has 0 bridgehead atoms. The highest BCUT2D eigenvalue weighted by Gasteiger charge is 2.31. The Labute approximate surface area is 144 Å². The van der Waals surface area contributed by atoms with Gasteiger partial charge in [-0.15, -0.1) is 24.2 Å². The summed E-state index contributed by atoms with van der Waals surface area (Å²) < 4.78 is 38.0. The normalized spacial score (nSPS) is 17.9. The summed E-state index contributed by atoms with van der Waals surface area (Å²) in [6.45, 7) is 1.48. The lowest BCUT2D eigenvalue weighted by atomic mass is 10.2. The second kappa shape index (κ2) is 8.80. The number of nitrogens with one attached hydrogen (secondary N) is 1. The van der Waals surface area contributed by atoms with Gasteiger partial charge >= 0.3 is 6.18 Å². The van der Waals surface area contributed by atoms with Crippen molar-refractivity contribution in [3.63, 3.8) is 0 Å². The number of likely N-dealkylation sites (tertiary alicyclic amines) is 1. The van der Waals surface area contributed by atoms with Gasteiger partial charge in [-0.1, -0.05) is 6.07 Å². The molecule has 1 aromatic rings. The number of nitrogens with zero attached hydrogens (tertiary/aromatic N) is 1. The molecule has 1 fully saturated rings. The lowest BCUT2D eigenvalue weighted by molar-refractivity contribution is -0.137. The number of benzene rings is 1. The maximum Gasteiger partial charge on any atom is 0.416 e. The van der Waals surface area contributed by atoms with Gasteiger partial charge in [0.2, 0.25) is 5.91 Å². The lowest BCUT2D eigenvalue weighted by Gasteiger charge is -2.24. The molecular weight excluding hydrogens is 349 g/mol. The first-order valence-electron chi connectivity index (χ1n) is 7.16. The van der Waals surface area contributed by atoms with Gasteiger partial charge in [0.1, 0.15) is 0 Å².